The van der Waals surface area contributed by atoms with Crippen LogP contribution in [0, 0.1) is 0 Å². The molecule has 0 aromatic heterocycles. The van der Waals surface area contributed by atoms with Crippen molar-refractivity contribution in [3.05, 3.63) is 60.2 Å². The molecule has 0 bridgehead atoms. The van der Waals surface area contributed by atoms with Crippen molar-refractivity contribution in [1.82, 2.24) is 0 Å². The second kappa shape index (κ2) is 5.82. The third kappa shape index (κ3) is 2.22. The SMILES string of the molecule is OCc1cc(-c2ccc(O)c3c(O)cccc23)c2cccc(O)c2c1O. The number of hydrogen-bond donors (Lipinski definition) is 5. The molecule has 0 heterocycles. The second-order valence-corrected chi connectivity index (χ2v) is 6.12. The predicted octanol–water partition coefficient (Wildman–Crippen LogP) is 3.97. The number of aliphatic hydroxyl groups excluding tert-OH is 1. The maximum atomic E-state index is 10.4. The first kappa shape index (κ1) is 16.1. The standard InChI is InChI=1S/C21H16O5/c22-10-11-9-15(14-4-2-6-17(24)20(14)21(11)26)12-7-8-18(25)19-13(12)3-1-5-16(19)23/h1-9,22-26H,10H2. The minimum atomic E-state index is -0.398. The Labute approximate surface area is 148 Å². The molecule has 0 fully saturated rings. The maximum absolute atomic E-state index is 10.4. The normalized spacial score (nSPS) is 11.3. The summed E-state index contributed by atoms with van der Waals surface area (Å²) in [6.45, 7) is -0.398. The molecule has 5 N–H and O–H groups in total. The molecule has 4 rings (SSSR count). The molecule has 5 nitrogen and oxygen atoms in total. The Kier molecular flexibility index (Phi) is 3.60. The summed E-state index contributed by atoms with van der Waals surface area (Å²) in [5.74, 6) is -0.358. The van der Waals surface area contributed by atoms with E-state index in [0.29, 0.717) is 27.3 Å². The summed E-state index contributed by atoms with van der Waals surface area (Å²) in [7, 11) is 0. The van der Waals surface area contributed by atoms with E-state index >= 15 is 0 Å². The molecule has 4 aromatic carbocycles. The Morgan fingerprint density at radius 3 is 1.85 bits per heavy atom. The lowest BCUT2D eigenvalue weighted by Gasteiger charge is -2.15. The molecule has 0 saturated heterocycles. The molecule has 26 heavy (non-hydrogen) atoms. The Morgan fingerprint density at radius 1 is 0.615 bits per heavy atom. The van der Waals surface area contributed by atoms with Gasteiger partial charge >= 0.3 is 0 Å². The van der Waals surface area contributed by atoms with Gasteiger partial charge in [-0.3, -0.25) is 0 Å². The summed E-state index contributed by atoms with van der Waals surface area (Å²) < 4.78 is 0. The molecule has 0 amide bonds. The lowest BCUT2D eigenvalue weighted by atomic mass is 9.91. The minimum Gasteiger partial charge on any atom is -0.507 e. The Morgan fingerprint density at radius 2 is 1.19 bits per heavy atom. The van der Waals surface area contributed by atoms with E-state index in [1.807, 2.05) is 0 Å². The molecule has 0 aliphatic rings. The van der Waals surface area contributed by atoms with Gasteiger partial charge in [0.2, 0.25) is 0 Å². The molecule has 0 unspecified atom stereocenters. The molecule has 0 saturated carbocycles. The first-order chi connectivity index (χ1) is 12.5. The molecular weight excluding hydrogens is 332 g/mol. The van der Waals surface area contributed by atoms with E-state index in [4.69, 9.17) is 0 Å². The van der Waals surface area contributed by atoms with Gasteiger partial charge in [-0.1, -0.05) is 30.3 Å². The van der Waals surface area contributed by atoms with Crippen LogP contribution in [0.5, 0.6) is 23.0 Å². The van der Waals surface area contributed by atoms with Crippen molar-refractivity contribution in [2.24, 2.45) is 0 Å². The van der Waals surface area contributed by atoms with Crippen LogP contribution in [0.25, 0.3) is 32.7 Å². The summed E-state index contributed by atoms with van der Waals surface area (Å²) in [6, 6.07) is 14.7. The monoisotopic (exact) mass is 348 g/mol. The quantitative estimate of drug-likeness (QED) is 0.377. The molecule has 0 aliphatic heterocycles. The van der Waals surface area contributed by atoms with Gasteiger partial charge in [0.1, 0.15) is 23.0 Å². The summed E-state index contributed by atoms with van der Waals surface area (Å²) in [5.41, 5.74) is 1.63. The lowest BCUT2D eigenvalue weighted by molar-refractivity contribution is 0.276. The number of phenolic OH excluding ortho intramolecular Hbond substituents is 3. The lowest BCUT2D eigenvalue weighted by Crippen LogP contribution is -1.91. The van der Waals surface area contributed by atoms with Crippen LogP contribution in [0.4, 0.5) is 0 Å². The third-order valence-electron chi connectivity index (χ3n) is 4.65. The van der Waals surface area contributed by atoms with Gasteiger partial charge in [-0.25, -0.2) is 0 Å². The van der Waals surface area contributed by atoms with Crippen LogP contribution in [-0.4, -0.2) is 25.5 Å². The van der Waals surface area contributed by atoms with Crippen molar-refractivity contribution in [1.29, 1.82) is 0 Å². The van der Waals surface area contributed by atoms with Crippen LogP contribution >= 0.6 is 0 Å². The van der Waals surface area contributed by atoms with E-state index in [0.717, 1.165) is 0 Å². The van der Waals surface area contributed by atoms with Gasteiger partial charge in [-0.15, -0.1) is 0 Å². The Bertz CT molecular complexity index is 1160. The molecule has 0 aliphatic carbocycles. The zero-order valence-electron chi connectivity index (χ0n) is 13.6. The first-order valence-corrected chi connectivity index (χ1v) is 8.04. The fourth-order valence-corrected chi connectivity index (χ4v) is 3.44. The van der Waals surface area contributed by atoms with Crippen molar-refractivity contribution < 1.29 is 25.5 Å². The summed E-state index contributed by atoms with van der Waals surface area (Å²) >= 11 is 0. The zero-order chi connectivity index (χ0) is 18.4. The number of hydrogen-bond acceptors (Lipinski definition) is 5. The third-order valence-corrected chi connectivity index (χ3v) is 4.65. The van der Waals surface area contributed by atoms with Crippen molar-refractivity contribution in [2.45, 2.75) is 6.61 Å². The number of phenols is 4. The van der Waals surface area contributed by atoms with Crippen molar-refractivity contribution in [3.8, 4) is 34.1 Å². The largest absolute Gasteiger partial charge is 0.507 e. The molecule has 4 aromatic rings. The molecule has 0 radical (unpaired) electrons. The maximum Gasteiger partial charge on any atom is 0.132 e. The van der Waals surface area contributed by atoms with Crippen LogP contribution in [0.1, 0.15) is 5.56 Å². The topological polar surface area (TPSA) is 101 Å². The van der Waals surface area contributed by atoms with E-state index in [1.54, 1.807) is 36.4 Å². The highest BCUT2D eigenvalue weighted by Crippen LogP contribution is 2.45. The van der Waals surface area contributed by atoms with E-state index in [9.17, 15) is 25.5 Å². The molecule has 0 atom stereocenters. The fraction of sp³-hybridized carbons (Fsp3) is 0.0476. The molecular formula is C21H16O5. The van der Waals surface area contributed by atoms with E-state index in [-0.39, 0.29) is 33.9 Å². The van der Waals surface area contributed by atoms with Gasteiger partial charge in [-0.05, 0) is 46.2 Å². The van der Waals surface area contributed by atoms with Gasteiger partial charge in [0.05, 0.1) is 17.4 Å². The number of aliphatic hydroxyl groups is 1. The molecule has 5 heteroatoms. The Balaban J connectivity index is 2.19. The number of fused-ring (bicyclic) bond motifs is 2. The van der Waals surface area contributed by atoms with Gasteiger partial charge < -0.3 is 25.5 Å². The van der Waals surface area contributed by atoms with E-state index in [2.05, 4.69) is 0 Å². The van der Waals surface area contributed by atoms with Gasteiger partial charge in [0, 0.05) is 5.56 Å². The van der Waals surface area contributed by atoms with Crippen LogP contribution in [0.2, 0.25) is 0 Å². The van der Waals surface area contributed by atoms with E-state index < -0.39 is 6.61 Å². The van der Waals surface area contributed by atoms with Crippen molar-refractivity contribution in [2.75, 3.05) is 0 Å². The smallest absolute Gasteiger partial charge is 0.132 e. The van der Waals surface area contributed by atoms with Crippen LogP contribution in [0.3, 0.4) is 0 Å². The molecule has 130 valence electrons. The van der Waals surface area contributed by atoms with Gasteiger partial charge in [0.15, 0.2) is 0 Å². The Hall–Kier alpha value is -3.44. The first-order valence-electron chi connectivity index (χ1n) is 8.04. The van der Waals surface area contributed by atoms with Crippen molar-refractivity contribution >= 4 is 21.5 Å². The molecule has 0 spiro atoms. The fourth-order valence-electron chi connectivity index (χ4n) is 3.44. The van der Waals surface area contributed by atoms with E-state index in [1.165, 1.54) is 18.2 Å². The number of benzene rings is 4. The predicted molar refractivity (Wildman–Crippen MR) is 99.5 cm³/mol. The summed E-state index contributed by atoms with van der Waals surface area (Å²) in [5, 5.41) is 52.3. The van der Waals surface area contributed by atoms with Crippen molar-refractivity contribution in [3.63, 3.8) is 0 Å². The minimum absolute atomic E-state index is 0.0461. The summed E-state index contributed by atoms with van der Waals surface area (Å²) in [4.78, 5) is 0. The highest BCUT2D eigenvalue weighted by Gasteiger charge is 2.18. The summed E-state index contributed by atoms with van der Waals surface area (Å²) in [6.07, 6.45) is 0. The highest BCUT2D eigenvalue weighted by atomic mass is 16.3. The highest BCUT2D eigenvalue weighted by molar-refractivity contribution is 6.11. The van der Waals surface area contributed by atoms with Gasteiger partial charge in [-0.2, -0.15) is 0 Å². The van der Waals surface area contributed by atoms with Gasteiger partial charge in [0.25, 0.3) is 0 Å². The van der Waals surface area contributed by atoms with Crippen LogP contribution < -0.4 is 0 Å². The number of aromatic hydroxyl groups is 4. The number of rotatable bonds is 2. The zero-order valence-corrected chi connectivity index (χ0v) is 13.6. The van der Waals surface area contributed by atoms with Crippen LogP contribution in [-0.2, 0) is 6.61 Å². The van der Waals surface area contributed by atoms with Crippen LogP contribution in [0.15, 0.2) is 54.6 Å². The average molecular weight is 348 g/mol. The average Bonchev–Trinajstić information content (AvgIpc) is 2.63. The second-order valence-electron chi connectivity index (χ2n) is 6.12.